The molecule has 4 rings (SSSR count). The molecule has 0 aliphatic heterocycles. The molecule has 28 heavy (non-hydrogen) atoms. The molecule has 0 aliphatic rings. The summed E-state index contributed by atoms with van der Waals surface area (Å²) in [6.45, 7) is 0.183. The second-order valence-corrected chi connectivity index (χ2v) is 6.79. The van der Waals surface area contributed by atoms with Crippen LogP contribution in [0.25, 0.3) is 10.8 Å². The first-order valence-electron chi connectivity index (χ1n) is 8.87. The van der Waals surface area contributed by atoms with Gasteiger partial charge in [-0.05, 0) is 41.8 Å². The van der Waals surface area contributed by atoms with Gasteiger partial charge in [-0.3, -0.25) is 4.79 Å². The molecule has 0 bridgehead atoms. The Morgan fingerprint density at radius 3 is 2.50 bits per heavy atom. The highest BCUT2D eigenvalue weighted by atomic mass is 35.5. The summed E-state index contributed by atoms with van der Waals surface area (Å²) in [7, 11) is 0. The number of hydrogen-bond acceptors (Lipinski definition) is 2. The van der Waals surface area contributed by atoms with Crippen LogP contribution in [0.5, 0.6) is 11.5 Å². The molecule has 0 fully saturated rings. The molecule has 0 atom stereocenters. The highest BCUT2D eigenvalue weighted by Crippen LogP contribution is 2.31. The summed E-state index contributed by atoms with van der Waals surface area (Å²) in [5, 5.41) is 5.63. The van der Waals surface area contributed by atoms with E-state index in [4.69, 9.17) is 16.3 Å². The van der Waals surface area contributed by atoms with Gasteiger partial charge in [-0.25, -0.2) is 0 Å². The highest BCUT2D eigenvalue weighted by Gasteiger charge is 2.14. The molecule has 1 heterocycles. The minimum atomic E-state index is -0.166. The van der Waals surface area contributed by atoms with Crippen molar-refractivity contribution in [2.75, 3.05) is 5.32 Å². The molecule has 0 saturated heterocycles. The van der Waals surface area contributed by atoms with E-state index in [1.165, 1.54) is 0 Å². The van der Waals surface area contributed by atoms with Crippen molar-refractivity contribution >= 4 is 34.0 Å². The Kier molecular flexibility index (Phi) is 5.22. The van der Waals surface area contributed by atoms with Crippen LogP contribution < -0.4 is 14.6 Å². The molecule has 1 amide bonds. The van der Waals surface area contributed by atoms with Crippen molar-refractivity contribution in [1.29, 1.82) is 0 Å². The van der Waals surface area contributed by atoms with Crippen LogP contribution in [-0.2, 0) is 11.3 Å². The number of para-hydroxylation sites is 1. The number of ether oxygens (including phenoxy) is 1. The maximum Gasteiger partial charge on any atom is 0.290 e. The molecule has 4 aromatic rings. The zero-order chi connectivity index (χ0) is 19.3. The van der Waals surface area contributed by atoms with Crippen molar-refractivity contribution in [3.8, 4) is 11.5 Å². The molecule has 4 nitrogen and oxygen atoms in total. The Bertz CT molecular complexity index is 1130. The quantitative estimate of drug-likeness (QED) is 0.476. The number of fused-ring (bicyclic) bond motifs is 1. The fraction of sp³-hybridized carbons (Fsp3) is 0.0435. The van der Waals surface area contributed by atoms with E-state index >= 15 is 0 Å². The van der Waals surface area contributed by atoms with E-state index in [1.807, 2.05) is 77.6 Å². The molecule has 0 spiro atoms. The van der Waals surface area contributed by atoms with Crippen LogP contribution in [-0.4, -0.2) is 5.91 Å². The molecule has 0 unspecified atom stereocenters. The summed E-state index contributed by atoms with van der Waals surface area (Å²) in [6, 6.07) is 24.6. The van der Waals surface area contributed by atoms with Gasteiger partial charge in [0.2, 0.25) is 6.54 Å². The standard InChI is InChI=1S/C23H17ClN2O2/c24-19-10-11-22(28-20-8-2-1-3-9-20)21(14-19)25-23(27)16-26-13-12-17-6-4-5-7-18(17)15-26/h1-15H,16H2/p+1. The SMILES string of the molecule is O=C(C[n+]1ccc2ccccc2c1)Nc1cc(Cl)ccc1Oc1ccccc1. The molecule has 138 valence electrons. The minimum absolute atomic E-state index is 0.166. The van der Waals surface area contributed by atoms with Crippen LogP contribution in [0.4, 0.5) is 5.69 Å². The van der Waals surface area contributed by atoms with Gasteiger partial charge in [0.05, 0.1) is 5.69 Å². The summed E-state index contributed by atoms with van der Waals surface area (Å²) in [4.78, 5) is 12.6. The maximum atomic E-state index is 12.6. The van der Waals surface area contributed by atoms with Gasteiger partial charge in [-0.2, -0.15) is 4.57 Å². The molecule has 3 aromatic carbocycles. The number of benzene rings is 3. The first-order chi connectivity index (χ1) is 13.7. The molecular weight excluding hydrogens is 372 g/mol. The predicted octanol–water partition coefficient (Wildman–Crippen LogP) is 5.21. The Morgan fingerprint density at radius 2 is 1.68 bits per heavy atom. The summed E-state index contributed by atoms with van der Waals surface area (Å²) in [5.74, 6) is 1.05. The van der Waals surface area contributed by atoms with E-state index in [1.54, 1.807) is 18.2 Å². The zero-order valence-electron chi connectivity index (χ0n) is 15.0. The monoisotopic (exact) mass is 389 g/mol. The Morgan fingerprint density at radius 1 is 0.929 bits per heavy atom. The molecular formula is C23H18ClN2O2+. The molecule has 0 radical (unpaired) electrons. The lowest BCUT2D eigenvalue weighted by Crippen LogP contribution is -2.39. The maximum absolute atomic E-state index is 12.6. The van der Waals surface area contributed by atoms with E-state index in [2.05, 4.69) is 5.32 Å². The smallest absolute Gasteiger partial charge is 0.290 e. The van der Waals surface area contributed by atoms with E-state index < -0.39 is 0 Å². The third-order valence-corrected chi connectivity index (χ3v) is 4.49. The number of pyridine rings is 1. The van der Waals surface area contributed by atoms with Crippen LogP contribution in [0.1, 0.15) is 0 Å². The Hall–Kier alpha value is -3.37. The van der Waals surface area contributed by atoms with Crippen LogP contribution in [0.3, 0.4) is 0 Å². The number of nitrogens with zero attached hydrogens (tertiary/aromatic N) is 1. The lowest BCUT2D eigenvalue weighted by molar-refractivity contribution is -0.682. The van der Waals surface area contributed by atoms with Gasteiger partial charge in [0.25, 0.3) is 5.91 Å². The fourth-order valence-electron chi connectivity index (χ4n) is 2.94. The van der Waals surface area contributed by atoms with Gasteiger partial charge in [0.15, 0.2) is 18.1 Å². The van der Waals surface area contributed by atoms with Crippen molar-refractivity contribution in [2.24, 2.45) is 0 Å². The first-order valence-corrected chi connectivity index (χ1v) is 9.25. The number of carbonyl (C=O) groups is 1. The molecule has 0 aliphatic carbocycles. The minimum Gasteiger partial charge on any atom is -0.455 e. The summed E-state index contributed by atoms with van der Waals surface area (Å²) in [6.07, 6.45) is 3.84. The van der Waals surface area contributed by atoms with Crippen molar-refractivity contribution in [3.63, 3.8) is 0 Å². The largest absolute Gasteiger partial charge is 0.455 e. The van der Waals surface area contributed by atoms with Crippen LogP contribution in [0.2, 0.25) is 5.02 Å². The summed E-state index contributed by atoms with van der Waals surface area (Å²) < 4.78 is 7.74. The number of carbonyl (C=O) groups excluding carboxylic acids is 1. The summed E-state index contributed by atoms with van der Waals surface area (Å²) in [5.41, 5.74) is 0.530. The molecule has 5 heteroatoms. The topological polar surface area (TPSA) is 42.2 Å². The lowest BCUT2D eigenvalue weighted by Gasteiger charge is -2.12. The van der Waals surface area contributed by atoms with E-state index in [-0.39, 0.29) is 12.5 Å². The second kappa shape index (κ2) is 8.11. The van der Waals surface area contributed by atoms with Gasteiger partial charge >= 0.3 is 0 Å². The number of hydrogen-bond donors (Lipinski definition) is 1. The highest BCUT2D eigenvalue weighted by molar-refractivity contribution is 6.31. The number of halogens is 1. The number of nitrogens with one attached hydrogen (secondary N) is 1. The molecule has 0 saturated carbocycles. The average Bonchev–Trinajstić information content (AvgIpc) is 2.71. The number of anilines is 1. The van der Waals surface area contributed by atoms with Crippen molar-refractivity contribution < 1.29 is 14.1 Å². The van der Waals surface area contributed by atoms with E-state index in [0.29, 0.717) is 22.2 Å². The number of rotatable bonds is 5. The van der Waals surface area contributed by atoms with Gasteiger partial charge in [0, 0.05) is 16.5 Å². The third-order valence-electron chi connectivity index (χ3n) is 4.26. The number of amides is 1. The van der Waals surface area contributed by atoms with E-state index in [9.17, 15) is 4.79 Å². The summed E-state index contributed by atoms with van der Waals surface area (Å²) >= 11 is 6.12. The van der Waals surface area contributed by atoms with Crippen LogP contribution >= 0.6 is 11.6 Å². The van der Waals surface area contributed by atoms with Gasteiger partial charge in [0.1, 0.15) is 5.75 Å². The molecule has 1 aromatic heterocycles. The van der Waals surface area contributed by atoms with Gasteiger partial charge in [-0.1, -0.05) is 48.0 Å². The first kappa shape index (κ1) is 18.0. The second-order valence-electron chi connectivity index (χ2n) is 6.35. The normalized spacial score (nSPS) is 10.6. The van der Waals surface area contributed by atoms with Crippen LogP contribution in [0, 0.1) is 0 Å². The van der Waals surface area contributed by atoms with E-state index in [0.717, 1.165) is 10.8 Å². The van der Waals surface area contributed by atoms with Crippen LogP contribution in [0.15, 0.2) is 91.3 Å². The molecule has 1 N–H and O–H groups in total. The fourth-order valence-corrected chi connectivity index (χ4v) is 3.11. The number of aromatic nitrogens is 1. The average molecular weight is 390 g/mol. The Labute approximate surface area is 168 Å². The zero-order valence-corrected chi connectivity index (χ0v) is 15.8. The van der Waals surface area contributed by atoms with Crippen molar-refractivity contribution in [1.82, 2.24) is 0 Å². The third kappa shape index (κ3) is 4.30. The Balaban J connectivity index is 1.52. The predicted molar refractivity (Wildman–Crippen MR) is 111 cm³/mol. The van der Waals surface area contributed by atoms with Crippen molar-refractivity contribution in [2.45, 2.75) is 6.54 Å². The van der Waals surface area contributed by atoms with Gasteiger partial charge in [-0.15, -0.1) is 0 Å². The lowest BCUT2D eigenvalue weighted by atomic mass is 10.2. The van der Waals surface area contributed by atoms with Gasteiger partial charge < -0.3 is 10.1 Å². The van der Waals surface area contributed by atoms with Crippen molar-refractivity contribution in [3.05, 3.63) is 96.3 Å².